The molecule has 4 aliphatic carbocycles. The van der Waals surface area contributed by atoms with Crippen LogP contribution in [0.5, 0.6) is 0 Å². The summed E-state index contributed by atoms with van der Waals surface area (Å²) in [7, 11) is 0. The van der Waals surface area contributed by atoms with Crippen LogP contribution in [0, 0.1) is 34.5 Å². The van der Waals surface area contributed by atoms with Gasteiger partial charge >= 0.3 is 0 Å². The lowest BCUT2D eigenvalue weighted by Crippen LogP contribution is -2.51. The molecule has 0 heterocycles. The molecule has 0 unspecified atom stereocenters. The van der Waals surface area contributed by atoms with Crippen LogP contribution in [0.25, 0.3) is 0 Å². The van der Waals surface area contributed by atoms with E-state index in [0.717, 1.165) is 35.7 Å². The molecule has 22 heavy (non-hydrogen) atoms. The van der Waals surface area contributed by atoms with E-state index in [1.54, 1.807) is 6.92 Å². The maximum Gasteiger partial charge on any atom is 0.155 e. The van der Waals surface area contributed by atoms with Crippen LogP contribution in [0.3, 0.4) is 0 Å². The van der Waals surface area contributed by atoms with E-state index in [1.165, 1.54) is 51.4 Å². The summed E-state index contributed by atoms with van der Waals surface area (Å²) in [6, 6.07) is 0. The van der Waals surface area contributed by atoms with Crippen molar-refractivity contribution in [3.63, 3.8) is 0 Å². The average Bonchev–Trinajstić information content (AvgIpc) is 2.84. The molecule has 0 saturated heterocycles. The minimum Gasteiger partial charge on any atom is -0.295 e. The third kappa shape index (κ3) is 2.00. The molecule has 6 atom stereocenters. The molecule has 0 bridgehead atoms. The molecule has 122 valence electrons. The number of carbonyl (C=O) groups excluding carboxylic acids is 1. The van der Waals surface area contributed by atoms with Crippen LogP contribution < -0.4 is 0 Å². The van der Waals surface area contributed by atoms with Crippen LogP contribution in [0.1, 0.15) is 78.6 Å². The Morgan fingerprint density at radius 2 is 1.86 bits per heavy atom. The van der Waals surface area contributed by atoms with Crippen molar-refractivity contribution in [3.05, 3.63) is 11.6 Å². The fourth-order valence-corrected chi connectivity index (χ4v) is 7.15. The molecule has 1 heteroatoms. The molecule has 1 nitrogen and oxygen atoms in total. The van der Waals surface area contributed by atoms with E-state index < -0.39 is 0 Å². The Hall–Kier alpha value is -0.590. The summed E-state index contributed by atoms with van der Waals surface area (Å²) >= 11 is 0. The summed E-state index contributed by atoms with van der Waals surface area (Å²) < 4.78 is 0. The summed E-state index contributed by atoms with van der Waals surface area (Å²) in [5.41, 5.74) is 2.07. The van der Waals surface area contributed by atoms with E-state index in [2.05, 4.69) is 19.9 Å². The molecule has 0 N–H and O–H groups in total. The maximum atomic E-state index is 11.9. The second-order valence-corrected chi connectivity index (χ2v) is 9.38. The number of allylic oxidation sites excluding steroid dienone is 2. The van der Waals surface area contributed by atoms with Crippen molar-refractivity contribution in [2.75, 3.05) is 0 Å². The number of hydrogen-bond acceptors (Lipinski definition) is 1. The largest absolute Gasteiger partial charge is 0.295 e. The van der Waals surface area contributed by atoms with Gasteiger partial charge < -0.3 is 0 Å². The standard InChI is InChI=1S/C21H32O/c1-14(22)15-12-19-17-8-7-16-6-4-5-10-21(16,3)18(17)9-11-20(19,2)13-15/h13,16-19H,4-12H2,1-3H3/t16-,17-,18+,19+,20-,21+/m1/s1. The maximum absolute atomic E-state index is 11.9. The number of carbonyl (C=O) groups is 1. The van der Waals surface area contributed by atoms with E-state index in [-0.39, 0.29) is 0 Å². The highest BCUT2D eigenvalue weighted by atomic mass is 16.1. The molecule has 0 aromatic carbocycles. The Bertz CT molecular complexity index is 518. The second kappa shape index (κ2) is 4.95. The number of ketones is 1. The summed E-state index contributed by atoms with van der Waals surface area (Å²) in [5.74, 6) is 3.89. The van der Waals surface area contributed by atoms with Gasteiger partial charge in [0.05, 0.1) is 0 Å². The minimum absolute atomic E-state index is 0.319. The molecule has 3 saturated carbocycles. The van der Waals surface area contributed by atoms with Crippen molar-refractivity contribution in [1.29, 1.82) is 0 Å². The topological polar surface area (TPSA) is 17.1 Å². The Morgan fingerprint density at radius 1 is 1.05 bits per heavy atom. The number of Topliss-reactive ketones (excluding diaryl/α,β-unsaturated/α-hetero) is 1. The van der Waals surface area contributed by atoms with Gasteiger partial charge in [0.15, 0.2) is 5.78 Å². The predicted octanol–water partition coefficient (Wildman–Crippen LogP) is 5.54. The van der Waals surface area contributed by atoms with Gasteiger partial charge in [0.2, 0.25) is 0 Å². The lowest BCUT2D eigenvalue weighted by Gasteiger charge is -2.59. The quantitative estimate of drug-likeness (QED) is 0.621. The minimum atomic E-state index is 0.319. The molecule has 0 aliphatic heterocycles. The second-order valence-electron chi connectivity index (χ2n) is 9.38. The zero-order chi connectivity index (χ0) is 15.5. The van der Waals surface area contributed by atoms with Gasteiger partial charge in [0, 0.05) is 0 Å². The van der Waals surface area contributed by atoms with Crippen LogP contribution in [-0.2, 0) is 4.79 Å². The predicted molar refractivity (Wildman–Crippen MR) is 90.5 cm³/mol. The fraction of sp³-hybridized carbons (Fsp3) is 0.857. The number of rotatable bonds is 1. The van der Waals surface area contributed by atoms with Gasteiger partial charge in [-0.25, -0.2) is 0 Å². The summed E-state index contributed by atoms with van der Waals surface area (Å²) in [6.07, 6.45) is 14.9. The van der Waals surface area contributed by atoms with E-state index in [0.29, 0.717) is 16.6 Å². The van der Waals surface area contributed by atoms with Gasteiger partial charge in [0.25, 0.3) is 0 Å². The van der Waals surface area contributed by atoms with Gasteiger partial charge in [-0.15, -0.1) is 0 Å². The Labute approximate surface area is 135 Å². The molecule has 3 fully saturated rings. The molecule has 4 rings (SSSR count). The first-order valence-corrected chi connectivity index (χ1v) is 9.67. The first kappa shape index (κ1) is 15.0. The van der Waals surface area contributed by atoms with Gasteiger partial charge in [-0.3, -0.25) is 4.79 Å². The smallest absolute Gasteiger partial charge is 0.155 e. The lowest BCUT2D eigenvalue weighted by molar-refractivity contribution is -0.114. The fourth-order valence-electron chi connectivity index (χ4n) is 7.15. The Balaban J connectivity index is 1.63. The van der Waals surface area contributed by atoms with Crippen molar-refractivity contribution in [2.45, 2.75) is 78.6 Å². The Morgan fingerprint density at radius 3 is 2.64 bits per heavy atom. The monoisotopic (exact) mass is 300 g/mol. The lowest BCUT2D eigenvalue weighted by atomic mass is 9.45. The zero-order valence-corrected chi connectivity index (χ0v) is 14.7. The third-order valence-corrected chi connectivity index (χ3v) is 8.42. The zero-order valence-electron chi connectivity index (χ0n) is 14.7. The highest BCUT2D eigenvalue weighted by Gasteiger charge is 2.57. The third-order valence-electron chi connectivity index (χ3n) is 8.42. The van der Waals surface area contributed by atoms with Crippen molar-refractivity contribution in [1.82, 2.24) is 0 Å². The van der Waals surface area contributed by atoms with Crippen LogP contribution in [0.15, 0.2) is 11.6 Å². The summed E-state index contributed by atoms with van der Waals surface area (Å²) in [6.45, 7) is 6.84. The number of fused-ring (bicyclic) bond motifs is 5. The normalized spacial score (nSPS) is 50.6. The van der Waals surface area contributed by atoms with Gasteiger partial charge in [-0.2, -0.15) is 0 Å². The molecular weight excluding hydrogens is 268 g/mol. The van der Waals surface area contributed by atoms with Crippen LogP contribution >= 0.6 is 0 Å². The average molecular weight is 300 g/mol. The number of hydrogen-bond donors (Lipinski definition) is 0. The van der Waals surface area contributed by atoms with Crippen molar-refractivity contribution in [2.24, 2.45) is 34.5 Å². The SMILES string of the molecule is CC(=O)C1=C[C@@]2(C)CC[C@H]3[C@@H](CC[C@H]4CCCC[C@@]43C)[C@@H]2C1. The highest BCUT2D eigenvalue weighted by Crippen LogP contribution is 2.65. The van der Waals surface area contributed by atoms with E-state index in [1.807, 2.05) is 0 Å². The van der Waals surface area contributed by atoms with Crippen molar-refractivity contribution >= 4 is 5.78 Å². The van der Waals surface area contributed by atoms with E-state index >= 15 is 0 Å². The van der Waals surface area contributed by atoms with Gasteiger partial charge in [-0.1, -0.05) is 32.8 Å². The van der Waals surface area contributed by atoms with Crippen molar-refractivity contribution in [3.8, 4) is 0 Å². The van der Waals surface area contributed by atoms with E-state index in [9.17, 15) is 4.79 Å². The molecule has 0 spiro atoms. The molecule has 0 aromatic heterocycles. The van der Waals surface area contributed by atoms with Gasteiger partial charge in [0.1, 0.15) is 0 Å². The highest BCUT2D eigenvalue weighted by molar-refractivity contribution is 5.94. The summed E-state index contributed by atoms with van der Waals surface area (Å²) in [5, 5.41) is 0. The van der Waals surface area contributed by atoms with Crippen LogP contribution in [0.4, 0.5) is 0 Å². The molecule has 0 aromatic rings. The first-order valence-electron chi connectivity index (χ1n) is 9.67. The molecule has 0 radical (unpaired) electrons. The first-order chi connectivity index (χ1) is 10.4. The Kier molecular flexibility index (Phi) is 3.37. The molecular formula is C21H32O. The summed E-state index contributed by atoms with van der Waals surface area (Å²) in [4.78, 5) is 11.9. The van der Waals surface area contributed by atoms with Gasteiger partial charge in [-0.05, 0) is 91.9 Å². The molecule has 0 amide bonds. The van der Waals surface area contributed by atoms with Crippen LogP contribution in [-0.4, -0.2) is 5.78 Å². The molecule has 4 aliphatic rings. The van der Waals surface area contributed by atoms with Crippen molar-refractivity contribution < 1.29 is 4.79 Å². The van der Waals surface area contributed by atoms with Crippen LogP contribution in [0.2, 0.25) is 0 Å². The van der Waals surface area contributed by atoms with E-state index in [4.69, 9.17) is 0 Å².